The zero-order valence-corrected chi connectivity index (χ0v) is 8.65. The minimum absolute atomic E-state index is 0.208. The van der Waals surface area contributed by atoms with Crippen LogP contribution in [0, 0.1) is 17.3 Å². The van der Waals surface area contributed by atoms with Crippen molar-refractivity contribution >= 4 is 0 Å². The third kappa shape index (κ3) is 4.20. The zero-order chi connectivity index (χ0) is 9.99. The van der Waals surface area contributed by atoms with Gasteiger partial charge in [-0.15, -0.1) is 0 Å². The lowest BCUT2D eigenvalue weighted by Gasteiger charge is -2.18. The average Bonchev–Trinajstić information content (AvgIpc) is 1.82. The van der Waals surface area contributed by atoms with Gasteiger partial charge in [-0.1, -0.05) is 24.0 Å². The van der Waals surface area contributed by atoms with Crippen LogP contribution in [0.15, 0.2) is 12.2 Å². The summed E-state index contributed by atoms with van der Waals surface area (Å²) in [5.74, 6) is 5.79. The molecular weight excluding hydrogens is 148 g/mol. The smallest absolute Gasteiger partial charge is 0.119 e. The van der Waals surface area contributed by atoms with Crippen LogP contribution in [0.2, 0.25) is 0 Å². The second kappa shape index (κ2) is 3.33. The van der Waals surface area contributed by atoms with Crippen LogP contribution in [0.25, 0.3) is 0 Å². The number of hydrogen-bond donors (Lipinski definition) is 1. The fourth-order valence-electron chi connectivity index (χ4n) is 0.416. The van der Waals surface area contributed by atoms with E-state index in [1.165, 1.54) is 0 Å². The Morgan fingerprint density at radius 2 is 1.58 bits per heavy atom. The minimum Gasteiger partial charge on any atom is -0.378 e. The van der Waals surface area contributed by atoms with Gasteiger partial charge in [-0.3, -0.25) is 0 Å². The third-order valence-corrected chi connectivity index (χ3v) is 1.75. The molecule has 0 amide bonds. The Morgan fingerprint density at radius 3 is 1.83 bits per heavy atom. The quantitative estimate of drug-likeness (QED) is 0.468. The standard InChI is InChI=1S/C11H18O/c1-9(2)10(3,4)7-8-11(5,6)12/h12H,1H2,2-6H3. The first-order valence-electron chi connectivity index (χ1n) is 4.08. The maximum absolute atomic E-state index is 9.36. The summed E-state index contributed by atoms with van der Waals surface area (Å²) >= 11 is 0. The van der Waals surface area contributed by atoms with E-state index in [2.05, 4.69) is 18.4 Å². The predicted molar refractivity (Wildman–Crippen MR) is 52.7 cm³/mol. The van der Waals surface area contributed by atoms with Gasteiger partial charge in [0.25, 0.3) is 0 Å². The summed E-state index contributed by atoms with van der Waals surface area (Å²) in [5, 5.41) is 9.36. The number of hydrogen-bond acceptors (Lipinski definition) is 1. The Hall–Kier alpha value is -0.740. The van der Waals surface area contributed by atoms with E-state index in [-0.39, 0.29) is 5.41 Å². The molecule has 0 unspecified atom stereocenters. The molecule has 0 saturated carbocycles. The van der Waals surface area contributed by atoms with Crippen LogP contribution in [-0.2, 0) is 0 Å². The number of rotatable bonds is 1. The lowest BCUT2D eigenvalue weighted by molar-refractivity contribution is 0.143. The van der Waals surface area contributed by atoms with Gasteiger partial charge < -0.3 is 5.11 Å². The van der Waals surface area contributed by atoms with Crippen molar-refractivity contribution in [2.24, 2.45) is 5.41 Å². The monoisotopic (exact) mass is 166 g/mol. The SMILES string of the molecule is C=C(C)C(C)(C)C#CC(C)(C)O. The summed E-state index contributed by atoms with van der Waals surface area (Å²) < 4.78 is 0. The molecule has 68 valence electrons. The molecule has 0 aromatic carbocycles. The van der Waals surface area contributed by atoms with Gasteiger partial charge in [0, 0.05) is 5.41 Å². The molecule has 0 aliphatic heterocycles. The molecule has 0 aromatic heterocycles. The van der Waals surface area contributed by atoms with E-state index in [0.29, 0.717) is 0 Å². The molecule has 1 heteroatoms. The van der Waals surface area contributed by atoms with Gasteiger partial charge in [-0.25, -0.2) is 0 Å². The van der Waals surface area contributed by atoms with Crippen LogP contribution in [0.4, 0.5) is 0 Å². The Bertz CT molecular complexity index is 230. The van der Waals surface area contributed by atoms with Gasteiger partial charge in [-0.2, -0.15) is 0 Å². The van der Waals surface area contributed by atoms with Crippen LogP contribution in [0.5, 0.6) is 0 Å². The molecule has 0 atom stereocenters. The van der Waals surface area contributed by atoms with Crippen LogP contribution < -0.4 is 0 Å². The molecule has 0 saturated heterocycles. The second-order valence-electron chi connectivity index (χ2n) is 4.21. The van der Waals surface area contributed by atoms with Gasteiger partial charge in [-0.05, 0) is 34.6 Å². The summed E-state index contributed by atoms with van der Waals surface area (Å²) in [7, 11) is 0. The molecule has 1 N–H and O–H groups in total. The molecule has 0 heterocycles. The van der Waals surface area contributed by atoms with Crippen LogP contribution in [0.3, 0.4) is 0 Å². The third-order valence-electron chi connectivity index (χ3n) is 1.75. The summed E-state index contributed by atoms with van der Waals surface area (Å²) in [4.78, 5) is 0. The first-order chi connectivity index (χ1) is 5.15. The van der Waals surface area contributed by atoms with Crippen LogP contribution in [0.1, 0.15) is 34.6 Å². The van der Waals surface area contributed by atoms with Gasteiger partial charge in [0.1, 0.15) is 5.60 Å². The van der Waals surface area contributed by atoms with Gasteiger partial charge in [0.15, 0.2) is 0 Å². The van der Waals surface area contributed by atoms with Crippen molar-refractivity contribution in [1.29, 1.82) is 0 Å². The Balaban J connectivity index is 4.61. The van der Waals surface area contributed by atoms with Gasteiger partial charge in [0.2, 0.25) is 0 Å². The molecule has 0 aromatic rings. The molecule has 12 heavy (non-hydrogen) atoms. The molecule has 0 aliphatic carbocycles. The van der Waals surface area contributed by atoms with E-state index in [9.17, 15) is 5.11 Å². The Labute approximate surface area is 75.5 Å². The van der Waals surface area contributed by atoms with Crippen molar-refractivity contribution in [3.05, 3.63) is 12.2 Å². The number of allylic oxidation sites excluding steroid dienone is 1. The van der Waals surface area contributed by atoms with Gasteiger partial charge >= 0.3 is 0 Å². The van der Waals surface area contributed by atoms with Crippen LogP contribution in [-0.4, -0.2) is 10.7 Å². The molecule has 0 aliphatic rings. The van der Waals surface area contributed by atoms with E-state index in [0.717, 1.165) is 5.57 Å². The molecule has 0 rings (SSSR count). The highest BCUT2D eigenvalue weighted by Crippen LogP contribution is 2.22. The summed E-state index contributed by atoms with van der Waals surface area (Å²) in [6.45, 7) is 13.1. The van der Waals surface area contributed by atoms with Crippen molar-refractivity contribution in [3.63, 3.8) is 0 Å². The van der Waals surface area contributed by atoms with E-state index in [1.54, 1.807) is 13.8 Å². The van der Waals surface area contributed by atoms with Crippen molar-refractivity contribution in [2.75, 3.05) is 0 Å². The minimum atomic E-state index is -0.910. The summed E-state index contributed by atoms with van der Waals surface area (Å²) in [5.41, 5.74) is -0.105. The van der Waals surface area contributed by atoms with E-state index >= 15 is 0 Å². The van der Waals surface area contributed by atoms with E-state index < -0.39 is 5.60 Å². The normalized spacial score (nSPS) is 11.8. The van der Waals surface area contributed by atoms with Gasteiger partial charge in [0.05, 0.1) is 0 Å². The topological polar surface area (TPSA) is 20.2 Å². The average molecular weight is 166 g/mol. The summed E-state index contributed by atoms with van der Waals surface area (Å²) in [6.07, 6.45) is 0. The molecular formula is C11H18O. The predicted octanol–water partition coefficient (Wildman–Crippen LogP) is 2.36. The molecule has 0 radical (unpaired) electrons. The molecule has 1 nitrogen and oxygen atoms in total. The Morgan fingerprint density at radius 1 is 1.17 bits per heavy atom. The molecule has 0 bridgehead atoms. The highest BCUT2D eigenvalue weighted by atomic mass is 16.3. The fourth-order valence-corrected chi connectivity index (χ4v) is 0.416. The van der Waals surface area contributed by atoms with Crippen molar-refractivity contribution in [2.45, 2.75) is 40.2 Å². The largest absolute Gasteiger partial charge is 0.378 e. The van der Waals surface area contributed by atoms with E-state index in [1.807, 2.05) is 20.8 Å². The fraction of sp³-hybridized carbons (Fsp3) is 0.636. The van der Waals surface area contributed by atoms with Crippen molar-refractivity contribution in [1.82, 2.24) is 0 Å². The molecule has 0 fully saturated rings. The number of aliphatic hydroxyl groups is 1. The highest BCUT2D eigenvalue weighted by molar-refractivity contribution is 5.24. The van der Waals surface area contributed by atoms with Crippen molar-refractivity contribution in [3.8, 4) is 11.8 Å². The van der Waals surface area contributed by atoms with Crippen LogP contribution >= 0.6 is 0 Å². The lowest BCUT2D eigenvalue weighted by Crippen LogP contribution is -2.17. The van der Waals surface area contributed by atoms with E-state index in [4.69, 9.17) is 0 Å². The Kier molecular flexibility index (Phi) is 3.12. The maximum Gasteiger partial charge on any atom is 0.119 e. The second-order valence-corrected chi connectivity index (χ2v) is 4.21. The highest BCUT2D eigenvalue weighted by Gasteiger charge is 2.16. The first-order valence-corrected chi connectivity index (χ1v) is 4.08. The van der Waals surface area contributed by atoms with Crippen molar-refractivity contribution < 1.29 is 5.11 Å². The zero-order valence-electron chi connectivity index (χ0n) is 8.65. The molecule has 0 spiro atoms. The lowest BCUT2D eigenvalue weighted by atomic mass is 9.86. The maximum atomic E-state index is 9.36. The first kappa shape index (κ1) is 11.3. The summed E-state index contributed by atoms with van der Waals surface area (Å²) in [6, 6.07) is 0.